The molecule has 0 aliphatic carbocycles. The summed E-state index contributed by atoms with van der Waals surface area (Å²) in [5, 5.41) is 12.9. The number of aromatic nitrogens is 1. The number of aliphatic hydroxyl groups is 1. The van der Waals surface area contributed by atoms with Gasteiger partial charge in [-0.25, -0.2) is 0 Å². The highest BCUT2D eigenvalue weighted by Crippen LogP contribution is 2.25. The molecule has 0 spiro atoms. The predicted octanol–water partition coefficient (Wildman–Crippen LogP) is 3.43. The van der Waals surface area contributed by atoms with Crippen molar-refractivity contribution >= 4 is 0 Å². The van der Waals surface area contributed by atoms with Crippen molar-refractivity contribution in [2.24, 2.45) is 0 Å². The second-order valence-corrected chi connectivity index (χ2v) is 5.42. The summed E-state index contributed by atoms with van der Waals surface area (Å²) >= 11 is 0. The molecule has 0 aliphatic rings. The SMILES string of the molecule is CCC(O)CCNCc1ccc(Oc2cccnc2)c(C)c1. The summed E-state index contributed by atoms with van der Waals surface area (Å²) in [6.45, 7) is 5.65. The predicted molar refractivity (Wildman–Crippen MR) is 88.1 cm³/mol. The lowest BCUT2D eigenvalue weighted by molar-refractivity contribution is 0.159. The Morgan fingerprint density at radius 2 is 2.18 bits per heavy atom. The van der Waals surface area contributed by atoms with Crippen molar-refractivity contribution in [3.8, 4) is 11.5 Å². The topological polar surface area (TPSA) is 54.4 Å². The second-order valence-electron chi connectivity index (χ2n) is 5.42. The van der Waals surface area contributed by atoms with Crippen molar-refractivity contribution in [2.45, 2.75) is 39.3 Å². The van der Waals surface area contributed by atoms with Crippen LogP contribution in [0.5, 0.6) is 11.5 Å². The zero-order valence-electron chi connectivity index (χ0n) is 13.2. The van der Waals surface area contributed by atoms with Crippen LogP contribution in [0, 0.1) is 6.92 Å². The van der Waals surface area contributed by atoms with E-state index < -0.39 is 0 Å². The van der Waals surface area contributed by atoms with Gasteiger partial charge >= 0.3 is 0 Å². The molecule has 4 nitrogen and oxygen atoms in total. The molecule has 4 heteroatoms. The van der Waals surface area contributed by atoms with E-state index in [-0.39, 0.29) is 6.10 Å². The first-order valence-electron chi connectivity index (χ1n) is 7.75. The Balaban J connectivity index is 1.87. The minimum Gasteiger partial charge on any atom is -0.455 e. The number of rotatable bonds is 8. The van der Waals surface area contributed by atoms with Gasteiger partial charge in [-0.3, -0.25) is 4.98 Å². The van der Waals surface area contributed by atoms with E-state index >= 15 is 0 Å². The van der Waals surface area contributed by atoms with Crippen LogP contribution >= 0.6 is 0 Å². The monoisotopic (exact) mass is 300 g/mol. The van der Waals surface area contributed by atoms with E-state index in [0.29, 0.717) is 0 Å². The van der Waals surface area contributed by atoms with Gasteiger partial charge in [0.1, 0.15) is 11.5 Å². The number of pyridine rings is 1. The Morgan fingerprint density at radius 3 is 2.86 bits per heavy atom. The number of nitrogens with one attached hydrogen (secondary N) is 1. The molecular formula is C18H24N2O2. The van der Waals surface area contributed by atoms with Crippen LogP contribution in [0.2, 0.25) is 0 Å². The minimum absolute atomic E-state index is 0.204. The normalized spacial score (nSPS) is 12.1. The molecule has 0 saturated carbocycles. The smallest absolute Gasteiger partial charge is 0.145 e. The number of aliphatic hydroxyl groups excluding tert-OH is 1. The summed E-state index contributed by atoms with van der Waals surface area (Å²) in [4.78, 5) is 4.04. The maximum Gasteiger partial charge on any atom is 0.145 e. The van der Waals surface area contributed by atoms with Crippen molar-refractivity contribution in [1.29, 1.82) is 0 Å². The number of nitrogens with zero attached hydrogens (tertiary/aromatic N) is 1. The molecule has 0 fully saturated rings. The molecular weight excluding hydrogens is 276 g/mol. The van der Waals surface area contributed by atoms with Crippen LogP contribution in [0.15, 0.2) is 42.7 Å². The van der Waals surface area contributed by atoms with Gasteiger partial charge in [0.25, 0.3) is 0 Å². The van der Waals surface area contributed by atoms with Crippen molar-refractivity contribution in [2.75, 3.05) is 6.54 Å². The van der Waals surface area contributed by atoms with E-state index in [0.717, 1.165) is 43.0 Å². The number of aryl methyl sites for hydroxylation is 1. The number of ether oxygens (including phenoxy) is 1. The number of benzene rings is 1. The summed E-state index contributed by atoms with van der Waals surface area (Å²) in [5.74, 6) is 1.59. The third-order valence-corrected chi connectivity index (χ3v) is 3.56. The molecule has 0 radical (unpaired) electrons. The molecule has 2 aromatic rings. The molecule has 1 atom stereocenters. The summed E-state index contributed by atoms with van der Waals surface area (Å²) in [6, 6.07) is 9.91. The van der Waals surface area contributed by atoms with Gasteiger partial charge in [-0.15, -0.1) is 0 Å². The highest BCUT2D eigenvalue weighted by atomic mass is 16.5. The van der Waals surface area contributed by atoms with Gasteiger partial charge in [-0.05, 0) is 55.6 Å². The van der Waals surface area contributed by atoms with Crippen molar-refractivity contribution < 1.29 is 9.84 Å². The first kappa shape index (κ1) is 16.5. The lowest BCUT2D eigenvalue weighted by Crippen LogP contribution is -2.19. The zero-order chi connectivity index (χ0) is 15.8. The minimum atomic E-state index is -0.204. The first-order chi connectivity index (χ1) is 10.7. The summed E-state index contributed by atoms with van der Waals surface area (Å²) in [5.41, 5.74) is 2.30. The molecule has 2 rings (SSSR count). The van der Waals surface area contributed by atoms with Crippen LogP contribution in [0.3, 0.4) is 0 Å². The van der Waals surface area contributed by atoms with E-state index in [1.165, 1.54) is 5.56 Å². The molecule has 22 heavy (non-hydrogen) atoms. The summed E-state index contributed by atoms with van der Waals surface area (Å²) in [7, 11) is 0. The fraction of sp³-hybridized carbons (Fsp3) is 0.389. The highest BCUT2D eigenvalue weighted by Gasteiger charge is 2.04. The molecule has 1 aromatic carbocycles. The van der Waals surface area contributed by atoms with Gasteiger partial charge in [-0.2, -0.15) is 0 Å². The van der Waals surface area contributed by atoms with Crippen LogP contribution in [-0.2, 0) is 6.54 Å². The summed E-state index contributed by atoms with van der Waals surface area (Å²) < 4.78 is 5.82. The van der Waals surface area contributed by atoms with Gasteiger partial charge < -0.3 is 15.2 Å². The Hall–Kier alpha value is -1.91. The van der Waals surface area contributed by atoms with E-state index in [1.54, 1.807) is 12.4 Å². The second kappa shape index (κ2) is 8.51. The third kappa shape index (κ3) is 5.13. The van der Waals surface area contributed by atoms with Gasteiger partial charge in [0.15, 0.2) is 0 Å². The maximum atomic E-state index is 9.51. The number of hydrogen-bond donors (Lipinski definition) is 2. The van der Waals surface area contributed by atoms with Crippen molar-refractivity contribution in [3.63, 3.8) is 0 Å². The molecule has 1 heterocycles. The fourth-order valence-corrected chi connectivity index (χ4v) is 2.18. The van der Waals surface area contributed by atoms with Crippen LogP contribution < -0.4 is 10.1 Å². The Kier molecular flexibility index (Phi) is 6.37. The highest BCUT2D eigenvalue weighted by molar-refractivity contribution is 5.39. The van der Waals surface area contributed by atoms with Gasteiger partial charge in [-0.1, -0.05) is 19.1 Å². The van der Waals surface area contributed by atoms with E-state index in [2.05, 4.69) is 22.4 Å². The number of hydrogen-bond acceptors (Lipinski definition) is 4. The van der Waals surface area contributed by atoms with Gasteiger partial charge in [0.05, 0.1) is 12.3 Å². The van der Waals surface area contributed by atoms with Crippen LogP contribution in [0.25, 0.3) is 0 Å². The average molecular weight is 300 g/mol. The molecule has 118 valence electrons. The Morgan fingerprint density at radius 1 is 1.32 bits per heavy atom. The lowest BCUT2D eigenvalue weighted by Gasteiger charge is -2.11. The van der Waals surface area contributed by atoms with Gasteiger partial charge in [0, 0.05) is 12.7 Å². The van der Waals surface area contributed by atoms with Crippen LogP contribution in [0.4, 0.5) is 0 Å². The third-order valence-electron chi connectivity index (χ3n) is 3.56. The average Bonchev–Trinajstić information content (AvgIpc) is 2.54. The molecule has 1 aromatic heterocycles. The zero-order valence-corrected chi connectivity index (χ0v) is 13.2. The van der Waals surface area contributed by atoms with E-state index in [4.69, 9.17) is 4.74 Å². The molecule has 0 saturated heterocycles. The molecule has 0 bridgehead atoms. The molecule has 0 aliphatic heterocycles. The van der Waals surface area contributed by atoms with Crippen molar-refractivity contribution in [3.05, 3.63) is 53.9 Å². The van der Waals surface area contributed by atoms with Gasteiger partial charge in [0.2, 0.25) is 0 Å². The molecule has 1 unspecified atom stereocenters. The largest absolute Gasteiger partial charge is 0.455 e. The summed E-state index contributed by atoms with van der Waals surface area (Å²) in [6.07, 6.45) is 4.82. The standard InChI is InChI=1S/C18H24N2O2/c1-3-16(21)8-10-20-12-15-6-7-18(14(2)11-15)22-17-5-4-9-19-13-17/h4-7,9,11,13,16,20-21H,3,8,10,12H2,1-2H3. The van der Waals surface area contributed by atoms with Crippen LogP contribution in [0.1, 0.15) is 30.9 Å². The lowest BCUT2D eigenvalue weighted by atomic mass is 10.1. The molecule has 0 amide bonds. The Labute approximate surface area is 132 Å². The maximum absolute atomic E-state index is 9.51. The molecule has 2 N–H and O–H groups in total. The van der Waals surface area contributed by atoms with E-state index in [1.807, 2.05) is 32.0 Å². The van der Waals surface area contributed by atoms with E-state index in [9.17, 15) is 5.11 Å². The first-order valence-corrected chi connectivity index (χ1v) is 7.75. The quantitative estimate of drug-likeness (QED) is 0.733. The Bertz CT molecular complexity index is 573. The van der Waals surface area contributed by atoms with Crippen LogP contribution in [-0.4, -0.2) is 22.7 Å². The van der Waals surface area contributed by atoms with Crippen molar-refractivity contribution in [1.82, 2.24) is 10.3 Å². The fourth-order valence-electron chi connectivity index (χ4n) is 2.18.